The summed E-state index contributed by atoms with van der Waals surface area (Å²) in [6.07, 6.45) is 2.81. The summed E-state index contributed by atoms with van der Waals surface area (Å²) in [5.41, 5.74) is 2.48. The maximum Gasteiger partial charge on any atom is 0.101 e. The molecule has 1 aromatic rings. The second-order valence-corrected chi connectivity index (χ2v) is 3.56. The lowest BCUT2D eigenvalue weighted by atomic mass is 9.98. The van der Waals surface area contributed by atoms with Crippen molar-refractivity contribution in [2.75, 3.05) is 6.61 Å². The first-order valence-corrected chi connectivity index (χ1v) is 4.71. The second kappa shape index (κ2) is 3.52. The van der Waals surface area contributed by atoms with Crippen molar-refractivity contribution in [2.45, 2.75) is 12.5 Å². The number of hydrogen-bond acceptors (Lipinski definition) is 1. The van der Waals surface area contributed by atoms with E-state index in [0.29, 0.717) is 0 Å². The molecule has 0 aromatic heterocycles. The van der Waals surface area contributed by atoms with Gasteiger partial charge in [0.25, 0.3) is 0 Å². The fourth-order valence-electron chi connectivity index (χ4n) is 1.65. The van der Waals surface area contributed by atoms with E-state index in [9.17, 15) is 0 Å². The molecule has 0 radical (unpaired) electrons. The summed E-state index contributed by atoms with van der Waals surface area (Å²) in [6.45, 7) is 4.50. The van der Waals surface area contributed by atoms with Crippen molar-refractivity contribution in [3.63, 3.8) is 0 Å². The van der Waals surface area contributed by atoms with Crippen molar-refractivity contribution in [3.05, 3.63) is 47.0 Å². The lowest BCUT2D eigenvalue weighted by molar-refractivity contribution is 0.0752. The highest BCUT2D eigenvalue weighted by Gasteiger charge is 2.17. The summed E-state index contributed by atoms with van der Waals surface area (Å²) in [5, 5.41) is 0.795. The van der Waals surface area contributed by atoms with Gasteiger partial charge in [0.2, 0.25) is 0 Å². The van der Waals surface area contributed by atoms with Gasteiger partial charge in [-0.3, -0.25) is 0 Å². The Hall–Kier alpha value is -0.790. The smallest absolute Gasteiger partial charge is 0.101 e. The molecule has 0 fully saturated rings. The molecule has 1 heterocycles. The van der Waals surface area contributed by atoms with Crippen LogP contribution in [-0.2, 0) is 11.2 Å². The maximum atomic E-state index is 5.90. The Bertz CT molecular complexity index is 333. The van der Waals surface area contributed by atoms with Gasteiger partial charge in [0.05, 0.1) is 6.61 Å². The summed E-state index contributed by atoms with van der Waals surface area (Å²) in [4.78, 5) is 0. The van der Waals surface area contributed by atoms with Crippen LogP contribution in [0, 0.1) is 0 Å². The monoisotopic (exact) mass is 194 g/mol. The molecule has 2 heteroatoms. The largest absolute Gasteiger partial charge is 0.369 e. The highest BCUT2D eigenvalue weighted by atomic mass is 35.5. The lowest BCUT2D eigenvalue weighted by Crippen LogP contribution is -2.14. The van der Waals surface area contributed by atoms with Gasteiger partial charge in [0.1, 0.15) is 6.10 Å². The van der Waals surface area contributed by atoms with E-state index in [2.05, 4.69) is 6.58 Å². The summed E-state index contributed by atoms with van der Waals surface area (Å²) in [5.74, 6) is 0. The quantitative estimate of drug-likeness (QED) is 0.625. The van der Waals surface area contributed by atoms with E-state index in [0.717, 1.165) is 18.1 Å². The van der Waals surface area contributed by atoms with Crippen LogP contribution >= 0.6 is 11.6 Å². The zero-order valence-corrected chi connectivity index (χ0v) is 8.05. The third kappa shape index (κ3) is 1.62. The van der Waals surface area contributed by atoms with Crippen molar-refractivity contribution >= 4 is 11.6 Å². The molecule has 0 saturated heterocycles. The molecule has 68 valence electrons. The topological polar surface area (TPSA) is 9.23 Å². The molecule has 0 spiro atoms. The average Bonchev–Trinajstić information content (AvgIpc) is 2.16. The van der Waals surface area contributed by atoms with E-state index >= 15 is 0 Å². The Morgan fingerprint density at radius 2 is 2.38 bits per heavy atom. The third-order valence-electron chi connectivity index (χ3n) is 2.29. The van der Waals surface area contributed by atoms with Crippen LogP contribution in [-0.4, -0.2) is 6.61 Å². The van der Waals surface area contributed by atoms with Gasteiger partial charge in [-0.2, -0.15) is 0 Å². The molecule has 0 bridgehead atoms. The Balaban J connectivity index is 2.45. The third-order valence-corrected chi connectivity index (χ3v) is 2.53. The molecule has 0 N–H and O–H groups in total. The molecule has 0 aliphatic carbocycles. The predicted molar refractivity (Wildman–Crippen MR) is 54.0 cm³/mol. The van der Waals surface area contributed by atoms with Crippen LogP contribution in [0.5, 0.6) is 0 Å². The van der Waals surface area contributed by atoms with Gasteiger partial charge in [-0.15, -0.1) is 6.58 Å². The highest BCUT2D eigenvalue weighted by molar-refractivity contribution is 6.30. The highest BCUT2D eigenvalue weighted by Crippen LogP contribution is 2.29. The molecule has 13 heavy (non-hydrogen) atoms. The van der Waals surface area contributed by atoms with Crippen LogP contribution in [0.15, 0.2) is 30.9 Å². The molecular weight excluding hydrogens is 184 g/mol. The van der Waals surface area contributed by atoms with E-state index in [1.165, 1.54) is 11.1 Å². The fourth-order valence-corrected chi connectivity index (χ4v) is 1.84. The van der Waals surface area contributed by atoms with Crippen LogP contribution in [0.1, 0.15) is 17.2 Å². The van der Waals surface area contributed by atoms with E-state index in [1.807, 2.05) is 24.3 Å². The first-order chi connectivity index (χ1) is 6.31. The predicted octanol–water partition coefficient (Wildman–Crippen LogP) is 3.14. The fraction of sp³-hybridized carbons (Fsp3) is 0.273. The van der Waals surface area contributed by atoms with Gasteiger partial charge in [-0.25, -0.2) is 0 Å². The second-order valence-electron chi connectivity index (χ2n) is 3.12. The minimum Gasteiger partial charge on any atom is -0.369 e. The van der Waals surface area contributed by atoms with Crippen LogP contribution in [0.25, 0.3) is 0 Å². The molecule has 2 rings (SSSR count). The molecule has 1 nitrogen and oxygen atoms in total. The summed E-state index contributed by atoms with van der Waals surface area (Å²) in [6, 6.07) is 5.92. The Morgan fingerprint density at radius 1 is 1.54 bits per heavy atom. The van der Waals surface area contributed by atoms with Crippen molar-refractivity contribution in [2.24, 2.45) is 0 Å². The number of hydrogen-bond donors (Lipinski definition) is 0. The number of ether oxygens (including phenoxy) is 1. The SMILES string of the molecule is C=C[C@@H]1OCCc2cc(Cl)ccc21. The van der Waals surface area contributed by atoms with Gasteiger partial charge in [0, 0.05) is 5.02 Å². The summed E-state index contributed by atoms with van der Waals surface area (Å²) >= 11 is 5.90. The number of fused-ring (bicyclic) bond motifs is 1. The van der Waals surface area contributed by atoms with Crippen molar-refractivity contribution in [1.29, 1.82) is 0 Å². The van der Waals surface area contributed by atoms with E-state index < -0.39 is 0 Å². The van der Waals surface area contributed by atoms with Gasteiger partial charge in [0.15, 0.2) is 0 Å². The first kappa shape index (κ1) is 8.79. The standard InChI is InChI=1S/C11H11ClO/c1-2-11-10-4-3-9(12)7-8(10)5-6-13-11/h2-4,7,11H,1,5-6H2/t11-/m0/s1. The van der Waals surface area contributed by atoms with E-state index in [-0.39, 0.29) is 6.10 Å². The zero-order valence-electron chi connectivity index (χ0n) is 7.29. The maximum absolute atomic E-state index is 5.90. The molecule has 1 atom stereocenters. The van der Waals surface area contributed by atoms with E-state index in [4.69, 9.17) is 16.3 Å². The molecular formula is C11H11ClO. The van der Waals surface area contributed by atoms with Gasteiger partial charge in [-0.05, 0) is 29.7 Å². The lowest BCUT2D eigenvalue weighted by Gasteiger charge is -2.23. The molecule has 1 aliphatic rings. The Kier molecular flexibility index (Phi) is 2.38. The van der Waals surface area contributed by atoms with Crippen LogP contribution < -0.4 is 0 Å². The van der Waals surface area contributed by atoms with Gasteiger partial charge >= 0.3 is 0 Å². The van der Waals surface area contributed by atoms with Crippen molar-refractivity contribution in [1.82, 2.24) is 0 Å². The Labute approximate surface area is 83.0 Å². The van der Waals surface area contributed by atoms with Crippen LogP contribution in [0.3, 0.4) is 0 Å². The van der Waals surface area contributed by atoms with Gasteiger partial charge in [-0.1, -0.05) is 23.7 Å². The molecule has 0 unspecified atom stereocenters. The summed E-state index contributed by atoms with van der Waals surface area (Å²) < 4.78 is 5.53. The molecule has 1 aliphatic heterocycles. The molecule has 1 aromatic carbocycles. The molecule has 0 amide bonds. The molecule has 0 saturated carbocycles. The summed E-state index contributed by atoms with van der Waals surface area (Å²) in [7, 11) is 0. The number of halogens is 1. The Morgan fingerprint density at radius 3 is 3.15 bits per heavy atom. The average molecular weight is 195 g/mol. The van der Waals surface area contributed by atoms with Crippen molar-refractivity contribution in [3.8, 4) is 0 Å². The van der Waals surface area contributed by atoms with Crippen LogP contribution in [0.2, 0.25) is 5.02 Å². The van der Waals surface area contributed by atoms with Crippen molar-refractivity contribution < 1.29 is 4.74 Å². The minimum absolute atomic E-state index is 0.0426. The number of rotatable bonds is 1. The van der Waals surface area contributed by atoms with Gasteiger partial charge < -0.3 is 4.74 Å². The number of benzene rings is 1. The van der Waals surface area contributed by atoms with Crippen LogP contribution in [0.4, 0.5) is 0 Å². The first-order valence-electron chi connectivity index (χ1n) is 4.34. The zero-order chi connectivity index (χ0) is 9.26. The normalized spacial score (nSPS) is 20.8. The minimum atomic E-state index is 0.0426. The van der Waals surface area contributed by atoms with E-state index in [1.54, 1.807) is 0 Å².